The molecule has 0 saturated carbocycles. The highest BCUT2D eigenvalue weighted by Gasteiger charge is 2.31. The molecule has 1 aliphatic rings. The molecule has 140 valence electrons. The van der Waals surface area contributed by atoms with Crippen LogP contribution in [0.3, 0.4) is 0 Å². The van der Waals surface area contributed by atoms with Crippen LogP contribution in [0.15, 0.2) is 34.9 Å². The number of amides is 1. The molecule has 0 aliphatic carbocycles. The smallest absolute Gasteiger partial charge is 0.253 e. The largest absolute Gasteiger partial charge is 0.339 e. The zero-order valence-electron chi connectivity index (χ0n) is 15.8. The number of likely N-dealkylation sites (tertiary alicyclic amines) is 1. The van der Waals surface area contributed by atoms with Crippen LogP contribution in [-0.2, 0) is 6.54 Å². The maximum Gasteiger partial charge on any atom is 0.253 e. The Hall–Kier alpha value is -2.96. The highest BCUT2D eigenvalue weighted by Crippen LogP contribution is 2.27. The van der Waals surface area contributed by atoms with E-state index in [2.05, 4.69) is 21.3 Å². The highest BCUT2D eigenvalue weighted by atomic mass is 16.5. The fraction of sp³-hybridized carbons (Fsp3) is 0.400. The second-order valence-corrected chi connectivity index (χ2v) is 7.20. The third kappa shape index (κ3) is 3.63. The van der Waals surface area contributed by atoms with Gasteiger partial charge in [-0.1, -0.05) is 17.3 Å². The van der Waals surface area contributed by atoms with Gasteiger partial charge in [0.25, 0.3) is 5.91 Å². The van der Waals surface area contributed by atoms with E-state index in [-0.39, 0.29) is 11.8 Å². The zero-order valence-corrected chi connectivity index (χ0v) is 15.8. The molecule has 7 nitrogen and oxygen atoms in total. The van der Waals surface area contributed by atoms with Gasteiger partial charge in [-0.05, 0) is 51.0 Å². The molecule has 1 amide bonds. The summed E-state index contributed by atoms with van der Waals surface area (Å²) in [5.74, 6) is 1.42. The topological polar surface area (TPSA) is 77.0 Å². The Morgan fingerprint density at radius 3 is 2.81 bits per heavy atom. The fourth-order valence-corrected chi connectivity index (χ4v) is 3.62. The molecule has 1 fully saturated rings. The van der Waals surface area contributed by atoms with Gasteiger partial charge in [-0.2, -0.15) is 10.1 Å². The molecule has 0 spiro atoms. The summed E-state index contributed by atoms with van der Waals surface area (Å²) in [6.45, 7) is 7.80. The minimum Gasteiger partial charge on any atom is -0.339 e. The Balaban J connectivity index is 1.47. The van der Waals surface area contributed by atoms with E-state index in [1.807, 2.05) is 47.7 Å². The Morgan fingerprint density at radius 1 is 1.26 bits per heavy atom. The summed E-state index contributed by atoms with van der Waals surface area (Å²) < 4.78 is 7.23. The van der Waals surface area contributed by atoms with E-state index >= 15 is 0 Å². The molecule has 0 unspecified atom stereocenters. The van der Waals surface area contributed by atoms with Gasteiger partial charge in [0, 0.05) is 24.3 Å². The number of benzene rings is 1. The van der Waals surface area contributed by atoms with Crippen molar-refractivity contribution in [3.05, 3.63) is 64.6 Å². The van der Waals surface area contributed by atoms with Crippen molar-refractivity contribution < 1.29 is 9.32 Å². The molecule has 3 heterocycles. The summed E-state index contributed by atoms with van der Waals surface area (Å²) in [6.07, 6.45) is 0.846. The van der Waals surface area contributed by atoms with Crippen LogP contribution in [-0.4, -0.2) is 43.8 Å². The summed E-state index contributed by atoms with van der Waals surface area (Å²) in [5, 5.41) is 8.35. The quantitative estimate of drug-likeness (QED) is 0.710. The molecule has 0 radical (unpaired) electrons. The fourth-order valence-electron chi connectivity index (χ4n) is 3.62. The molecule has 0 bridgehead atoms. The molecule has 3 aromatic rings. The predicted octanol–water partition coefficient (Wildman–Crippen LogP) is 2.87. The first-order chi connectivity index (χ1) is 13.0. The van der Waals surface area contributed by atoms with Crippen molar-refractivity contribution in [3.63, 3.8) is 0 Å². The first kappa shape index (κ1) is 17.5. The number of carbonyl (C=O) groups excluding carboxylic acids is 1. The summed E-state index contributed by atoms with van der Waals surface area (Å²) >= 11 is 0. The standard InChI is InChI=1S/C20H23N5O2/c1-13-9-14(2)25(22-13)11-16-5-4-6-17(10-16)20(26)24-8-7-18(12-24)19-21-15(3)23-27-19/h4-6,9-10,18H,7-8,11-12H2,1-3H3/t18-/m1/s1. The van der Waals surface area contributed by atoms with Crippen molar-refractivity contribution in [2.75, 3.05) is 13.1 Å². The third-order valence-electron chi connectivity index (χ3n) is 4.98. The van der Waals surface area contributed by atoms with Gasteiger partial charge in [0.1, 0.15) is 0 Å². The van der Waals surface area contributed by atoms with Crippen LogP contribution < -0.4 is 0 Å². The molecule has 0 N–H and O–H groups in total. The lowest BCUT2D eigenvalue weighted by atomic mass is 10.1. The Bertz CT molecular complexity index is 974. The molecular weight excluding hydrogens is 342 g/mol. The van der Waals surface area contributed by atoms with E-state index in [9.17, 15) is 4.79 Å². The van der Waals surface area contributed by atoms with Crippen LogP contribution in [0.2, 0.25) is 0 Å². The number of aromatic nitrogens is 4. The third-order valence-corrected chi connectivity index (χ3v) is 4.98. The number of carbonyl (C=O) groups is 1. The summed E-state index contributed by atoms with van der Waals surface area (Å²) in [5.41, 5.74) is 3.88. The lowest BCUT2D eigenvalue weighted by Crippen LogP contribution is -2.28. The van der Waals surface area contributed by atoms with Crippen LogP contribution in [0.4, 0.5) is 0 Å². The van der Waals surface area contributed by atoms with E-state index in [1.165, 1.54) is 0 Å². The van der Waals surface area contributed by atoms with Crippen molar-refractivity contribution in [2.24, 2.45) is 0 Å². The number of nitrogens with zero attached hydrogens (tertiary/aromatic N) is 5. The highest BCUT2D eigenvalue weighted by molar-refractivity contribution is 5.94. The van der Waals surface area contributed by atoms with Gasteiger partial charge in [0.2, 0.25) is 5.89 Å². The number of hydrogen-bond acceptors (Lipinski definition) is 5. The molecular formula is C20H23N5O2. The average Bonchev–Trinajstić information content (AvgIpc) is 3.35. The van der Waals surface area contributed by atoms with Gasteiger partial charge in [0.05, 0.1) is 18.2 Å². The van der Waals surface area contributed by atoms with Crippen LogP contribution >= 0.6 is 0 Å². The van der Waals surface area contributed by atoms with Crippen LogP contribution in [0.5, 0.6) is 0 Å². The van der Waals surface area contributed by atoms with E-state index in [0.29, 0.717) is 36.9 Å². The van der Waals surface area contributed by atoms with Crippen LogP contribution in [0, 0.1) is 20.8 Å². The first-order valence-corrected chi connectivity index (χ1v) is 9.19. The minimum absolute atomic E-state index is 0.0453. The van der Waals surface area contributed by atoms with Crippen LogP contribution in [0.25, 0.3) is 0 Å². The molecule has 1 saturated heterocycles. The van der Waals surface area contributed by atoms with Gasteiger partial charge < -0.3 is 9.42 Å². The Kier molecular flexibility index (Phi) is 4.51. The molecule has 2 aromatic heterocycles. The second kappa shape index (κ2) is 6.98. The molecule has 7 heteroatoms. The maximum absolute atomic E-state index is 12.9. The minimum atomic E-state index is 0.0453. The van der Waals surface area contributed by atoms with Gasteiger partial charge in [-0.25, -0.2) is 0 Å². The molecule has 27 heavy (non-hydrogen) atoms. The molecule has 4 rings (SSSR count). The van der Waals surface area contributed by atoms with Crippen molar-refractivity contribution in [3.8, 4) is 0 Å². The summed E-state index contributed by atoms with van der Waals surface area (Å²) in [4.78, 5) is 19.1. The normalized spacial score (nSPS) is 16.9. The van der Waals surface area contributed by atoms with E-state index in [0.717, 1.165) is 23.4 Å². The number of aryl methyl sites for hydroxylation is 3. The SMILES string of the molecule is Cc1cc(C)n(Cc2cccc(C(=O)N3CC[C@@H](c4nc(C)no4)C3)c2)n1. The predicted molar refractivity (Wildman–Crippen MR) is 99.5 cm³/mol. The average molecular weight is 365 g/mol. The van der Waals surface area contributed by atoms with E-state index in [1.54, 1.807) is 6.92 Å². The lowest BCUT2D eigenvalue weighted by molar-refractivity contribution is 0.0789. The molecule has 1 aromatic carbocycles. The summed E-state index contributed by atoms with van der Waals surface area (Å²) in [6, 6.07) is 9.85. The van der Waals surface area contributed by atoms with Crippen molar-refractivity contribution in [1.29, 1.82) is 0 Å². The first-order valence-electron chi connectivity index (χ1n) is 9.19. The van der Waals surface area contributed by atoms with Crippen molar-refractivity contribution in [2.45, 2.75) is 39.7 Å². The molecule has 1 aliphatic heterocycles. The van der Waals surface area contributed by atoms with E-state index in [4.69, 9.17) is 4.52 Å². The number of rotatable bonds is 4. The molecule has 1 atom stereocenters. The van der Waals surface area contributed by atoms with Crippen molar-refractivity contribution >= 4 is 5.91 Å². The van der Waals surface area contributed by atoms with Gasteiger partial charge in [-0.3, -0.25) is 9.48 Å². The Labute approximate surface area is 158 Å². The zero-order chi connectivity index (χ0) is 19.0. The second-order valence-electron chi connectivity index (χ2n) is 7.20. The number of hydrogen-bond donors (Lipinski definition) is 0. The van der Waals surface area contributed by atoms with Crippen LogP contribution in [0.1, 0.15) is 51.4 Å². The van der Waals surface area contributed by atoms with Gasteiger partial charge in [-0.15, -0.1) is 0 Å². The van der Waals surface area contributed by atoms with Crippen molar-refractivity contribution in [1.82, 2.24) is 24.8 Å². The van der Waals surface area contributed by atoms with Gasteiger partial charge in [0.15, 0.2) is 5.82 Å². The Morgan fingerprint density at radius 2 is 2.11 bits per heavy atom. The lowest BCUT2D eigenvalue weighted by Gasteiger charge is -2.16. The van der Waals surface area contributed by atoms with Gasteiger partial charge >= 0.3 is 0 Å². The van der Waals surface area contributed by atoms with E-state index < -0.39 is 0 Å². The monoisotopic (exact) mass is 365 g/mol. The maximum atomic E-state index is 12.9. The summed E-state index contributed by atoms with van der Waals surface area (Å²) in [7, 11) is 0.